The zero-order chi connectivity index (χ0) is 21.2. The van der Waals surface area contributed by atoms with E-state index < -0.39 is 0 Å². The summed E-state index contributed by atoms with van der Waals surface area (Å²) in [5.41, 5.74) is 1.84. The van der Waals surface area contributed by atoms with Gasteiger partial charge in [-0.1, -0.05) is 12.1 Å². The lowest BCUT2D eigenvalue weighted by atomic mass is 10.0. The van der Waals surface area contributed by atoms with Crippen LogP contribution in [0.3, 0.4) is 0 Å². The van der Waals surface area contributed by atoms with Gasteiger partial charge >= 0.3 is 0 Å². The molecule has 6 nitrogen and oxygen atoms in total. The lowest BCUT2D eigenvalue weighted by Gasteiger charge is -2.33. The maximum absolute atomic E-state index is 13.1. The Labute approximate surface area is 185 Å². The number of likely N-dealkylation sites (tertiary alicyclic amines) is 1. The van der Waals surface area contributed by atoms with Crippen molar-refractivity contribution in [3.05, 3.63) is 53.0 Å². The minimum Gasteiger partial charge on any atom is -0.493 e. The van der Waals surface area contributed by atoms with Gasteiger partial charge in [-0.05, 0) is 55.2 Å². The molecule has 5 rings (SSSR count). The van der Waals surface area contributed by atoms with Crippen molar-refractivity contribution in [1.29, 1.82) is 0 Å². The molecule has 0 bridgehead atoms. The third-order valence-corrected chi connectivity index (χ3v) is 6.79. The zero-order valence-corrected chi connectivity index (χ0v) is 18.2. The number of amides is 1. The summed E-state index contributed by atoms with van der Waals surface area (Å²) in [6, 6.07) is 11.9. The van der Waals surface area contributed by atoms with E-state index in [1.54, 1.807) is 24.5 Å². The Hall–Kier alpha value is -3.06. The monoisotopic (exact) mass is 436 g/mol. The number of aromatic nitrogens is 1. The second-order valence-corrected chi connectivity index (χ2v) is 8.71. The number of nitrogens with zero attached hydrogens (tertiary/aromatic N) is 2. The smallest absolute Gasteiger partial charge is 0.247 e. The van der Waals surface area contributed by atoms with Gasteiger partial charge in [0, 0.05) is 12.6 Å². The van der Waals surface area contributed by atoms with Gasteiger partial charge in [-0.25, -0.2) is 4.98 Å². The molecule has 0 N–H and O–H groups in total. The first-order valence-electron chi connectivity index (χ1n) is 10.5. The van der Waals surface area contributed by atoms with Crippen LogP contribution in [-0.2, 0) is 4.79 Å². The van der Waals surface area contributed by atoms with Crippen LogP contribution in [-0.4, -0.2) is 42.7 Å². The molecular weight excluding hydrogens is 412 g/mol. The molecule has 1 saturated heterocycles. The summed E-state index contributed by atoms with van der Waals surface area (Å²) < 4.78 is 17.9. The van der Waals surface area contributed by atoms with Gasteiger partial charge in [0.2, 0.25) is 11.7 Å². The minimum atomic E-state index is -0.00203. The molecule has 31 heavy (non-hydrogen) atoms. The summed E-state index contributed by atoms with van der Waals surface area (Å²) in [6.07, 6.45) is 6.51. The Bertz CT molecular complexity index is 1090. The Balaban J connectivity index is 1.39. The highest BCUT2D eigenvalue weighted by atomic mass is 32.1. The number of ether oxygens (including phenoxy) is 3. The molecule has 3 heterocycles. The van der Waals surface area contributed by atoms with Crippen LogP contribution in [0.5, 0.6) is 17.2 Å². The largest absolute Gasteiger partial charge is 0.493 e. The van der Waals surface area contributed by atoms with E-state index in [1.165, 1.54) is 0 Å². The predicted molar refractivity (Wildman–Crippen MR) is 121 cm³/mol. The van der Waals surface area contributed by atoms with Gasteiger partial charge in [0.25, 0.3) is 0 Å². The van der Waals surface area contributed by atoms with Crippen LogP contribution < -0.4 is 14.2 Å². The van der Waals surface area contributed by atoms with Gasteiger partial charge in [-0.15, -0.1) is 11.3 Å². The molecule has 1 fully saturated rings. The molecule has 2 aliphatic heterocycles. The standard InChI is InChI=1S/C24H24N2O4S/c1-28-19-14-16(15-20-23(19)30-13-12-29-20)9-10-22(27)26-11-5-4-7-18(26)24-25-17-6-2-3-8-21(17)31-24/h2-3,6,8-10,14-15,18H,4-5,7,11-13H2,1H3/b10-9+/t18-/m0/s1. The van der Waals surface area contributed by atoms with Gasteiger partial charge < -0.3 is 19.1 Å². The van der Waals surface area contributed by atoms with Crippen LogP contribution in [0, 0.1) is 0 Å². The van der Waals surface area contributed by atoms with Crippen LogP contribution in [0.25, 0.3) is 16.3 Å². The first kappa shape index (κ1) is 19.9. The van der Waals surface area contributed by atoms with E-state index in [0.717, 1.165) is 46.6 Å². The molecule has 1 amide bonds. The minimum absolute atomic E-state index is 0.00203. The SMILES string of the molecule is COc1cc(/C=C/C(=O)N2CCCC[C@H]2c2nc3ccccc3s2)cc2c1OCCO2. The summed E-state index contributed by atoms with van der Waals surface area (Å²) in [7, 11) is 1.60. The number of hydrogen-bond donors (Lipinski definition) is 0. The Kier molecular flexibility index (Phi) is 5.51. The first-order chi connectivity index (χ1) is 15.2. The number of carbonyl (C=O) groups is 1. The topological polar surface area (TPSA) is 60.9 Å². The molecule has 1 aromatic heterocycles. The summed E-state index contributed by atoms with van der Waals surface area (Å²) in [5.74, 6) is 1.86. The van der Waals surface area contributed by atoms with Crippen molar-refractivity contribution in [3.63, 3.8) is 0 Å². The zero-order valence-electron chi connectivity index (χ0n) is 17.4. The normalized spacial score (nSPS) is 18.5. The number of methoxy groups -OCH3 is 1. The molecule has 0 spiro atoms. The number of thiazole rings is 1. The molecule has 160 valence electrons. The summed E-state index contributed by atoms with van der Waals surface area (Å²) in [4.78, 5) is 19.9. The van der Waals surface area contributed by atoms with Crippen molar-refractivity contribution in [1.82, 2.24) is 9.88 Å². The Morgan fingerprint density at radius 3 is 2.97 bits per heavy atom. The summed E-state index contributed by atoms with van der Waals surface area (Å²) >= 11 is 1.68. The number of para-hydroxylation sites is 1. The molecule has 0 saturated carbocycles. The Morgan fingerprint density at radius 1 is 1.23 bits per heavy atom. The van der Waals surface area contributed by atoms with Crippen molar-refractivity contribution in [2.75, 3.05) is 26.9 Å². The number of benzene rings is 2. The van der Waals surface area contributed by atoms with Gasteiger partial charge in [-0.2, -0.15) is 0 Å². The van der Waals surface area contributed by atoms with Gasteiger partial charge in [0.1, 0.15) is 18.2 Å². The average Bonchev–Trinajstić information content (AvgIpc) is 3.26. The van der Waals surface area contributed by atoms with Gasteiger partial charge in [0.05, 0.1) is 23.4 Å². The van der Waals surface area contributed by atoms with Crippen molar-refractivity contribution < 1.29 is 19.0 Å². The van der Waals surface area contributed by atoms with E-state index in [2.05, 4.69) is 6.07 Å². The van der Waals surface area contributed by atoms with Gasteiger partial charge in [-0.3, -0.25) is 4.79 Å². The van der Waals surface area contributed by atoms with Crippen molar-refractivity contribution >= 4 is 33.5 Å². The fourth-order valence-electron chi connectivity index (χ4n) is 4.14. The number of fused-ring (bicyclic) bond motifs is 2. The fraction of sp³-hybridized carbons (Fsp3) is 0.333. The highest BCUT2D eigenvalue weighted by molar-refractivity contribution is 7.18. The van der Waals surface area contributed by atoms with Gasteiger partial charge in [0.15, 0.2) is 11.5 Å². The van der Waals surface area contributed by atoms with Crippen LogP contribution in [0.4, 0.5) is 0 Å². The van der Waals surface area contributed by atoms with E-state index in [4.69, 9.17) is 19.2 Å². The lowest BCUT2D eigenvalue weighted by Crippen LogP contribution is -2.37. The summed E-state index contributed by atoms with van der Waals surface area (Å²) in [6.45, 7) is 1.74. The second-order valence-electron chi connectivity index (χ2n) is 7.64. The lowest BCUT2D eigenvalue weighted by molar-refractivity contribution is -0.129. The second kappa shape index (κ2) is 8.59. The molecule has 1 atom stereocenters. The van der Waals surface area contributed by atoms with Crippen molar-refractivity contribution in [2.45, 2.75) is 25.3 Å². The third-order valence-electron chi connectivity index (χ3n) is 5.65. The molecule has 7 heteroatoms. The molecular formula is C24H24N2O4S. The maximum Gasteiger partial charge on any atom is 0.247 e. The molecule has 0 aliphatic carbocycles. The molecule has 2 aromatic carbocycles. The van der Waals surface area contributed by atoms with Crippen molar-refractivity contribution in [3.8, 4) is 17.2 Å². The number of hydrogen-bond acceptors (Lipinski definition) is 6. The molecule has 3 aromatic rings. The van der Waals surface area contributed by atoms with Crippen LogP contribution in [0.15, 0.2) is 42.5 Å². The highest BCUT2D eigenvalue weighted by Gasteiger charge is 2.29. The third kappa shape index (κ3) is 3.97. The van der Waals surface area contributed by atoms with Crippen LogP contribution >= 0.6 is 11.3 Å². The number of piperidine rings is 1. The van der Waals surface area contributed by atoms with E-state index in [9.17, 15) is 4.79 Å². The Morgan fingerprint density at radius 2 is 2.10 bits per heavy atom. The average molecular weight is 437 g/mol. The quantitative estimate of drug-likeness (QED) is 0.548. The van der Waals surface area contributed by atoms with Crippen LogP contribution in [0.2, 0.25) is 0 Å². The van der Waals surface area contributed by atoms with E-state index >= 15 is 0 Å². The predicted octanol–water partition coefficient (Wildman–Crippen LogP) is 4.84. The maximum atomic E-state index is 13.1. The van der Waals surface area contributed by atoms with E-state index in [-0.39, 0.29) is 11.9 Å². The van der Waals surface area contributed by atoms with Crippen LogP contribution in [0.1, 0.15) is 35.9 Å². The molecule has 0 radical (unpaired) electrons. The van der Waals surface area contributed by atoms with E-state index in [1.807, 2.05) is 41.3 Å². The summed E-state index contributed by atoms with van der Waals surface area (Å²) in [5, 5.41) is 1.02. The van der Waals surface area contributed by atoms with Crippen molar-refractivity contribution in [2.24, 2.45) is 0 Å². The fourth-order valence-corrected chi connectivity index (χ4v) is 5.25. The molecule has 2 aliphatic rings. The van der Waals surface area contributed by atoms with E-state index in [0.29, 0.717) is 30.5 Å². The first-order valence-corrected chi connectivity index (χ1v) is 11.4. The molecule has 0 unspecified atom stereocenters. The number of rotatable bonds is 4. The highest BCUT2D eigenvalue weighted by Crippen LogP contribution is 2.41. The number of carbonyl (C=O) groups excluding carboxylic acids is 1.